The highest BCUT2D eigenvalue weighted by atomic mass is 79.9. The molecule has 2 heterocycles. The Labute approximate surface area is 207 Å². The summed E-state index contributed by atoms with van der Waals surface area (Å²) in [6, 6.07) is 35.0. The number of H-pyrrole nitrogens is 1. The first-order chi connectivity index (χ1) is 16.7. The van der Waals surface area contributed by atoms with Crippen LogP contribution in [0.2, 0.25) is 0 Å². The molecule has 1 aromatic heterocycles. The van der Waals surface area contributed by atoms with Crippen LogP contribution in [0.3, 0.4) is 0 Å². The lowest BCUT2D eigenvalue weighted by Crippen LogP contribution is -2.31. The van der Waals surface area contributed by atoms with Crippen molar-refractivity contribution < 1.29 is 4.79 Å². The molecule has 0 saturated carbocycles. The SMILES string of the molecule is O=C1c2ccccc2[C@@H](c2c(-c3ccc(Br)cc3)[nH]c3ccccc23)N1CCc1ccccc1. The monoisotopic (exact) mass is 506 g/mol. The first kappa shape index (κ1) is 20.9. The number of carbonyl (C=O) groups is 1. The number of nitrogens with zero attached hydrogens (tertiary/aromatic N) is 1. The van der Waals surface area contributed by atoms with E-state index in [2.05, 4.69) is 105 Å². The molecule has 4 aromatic carbocycles. The number of fused-ring (bicyclic) bond motifs is 2. The predicted molar refractivity (Wildman–Crippen MR) is 141 cm³/mol. The van der Waals surface area contributed by atoms with Crippen molar-refractivity contribution in [2.45, 2.75) is 12.5 Å². The molecular weight excluding hydrogens is 484 g/mol. The van der Waals surface area contributed by atoms with Gasteiger partial charge in [-0.3, -0.25) is 4.79 Å². The van der Waals surface area contributed by atoms with E-state index in [0.29, 0.717) is 6.54 Å². The summed E-state index contributed by atoms with van der Waals surface area (Å²) in [5.41, 5.74) is 7.51. The van der Waals surface area contributed by atoms with Gasteiger partial charge < -0.3 is 9.88 Å². The van der Waals surface area contributed by atoms with E-state index in [4.69, 9.17) is 0 Å². The van der Waals surface area contributed by atoms with Gasteiger partial charge in [-0.1, -0.05) is 94.8 Å². The lowest BCUT2D eigenvalue weighted by atomic mass is 9.93. The van der Waals surface area contributed by atoms with E-state index in [1.807, 2.05) is 24.3 Å². The third kappa shape index (κ3) is 3.55. The molecule has 0 aliphatic carbocycles. The third-order valence-electron chi connectivity index (χ3n) is 6.70. The van der Waals surface area contributed by atoms with Crippen LogP contribution in [-0.4, -0.2) is 22.3 Å². The van der Waals surface area contributed by atoms with Gasteiger partial charge in [0.05, 0.1) is 11.7 Å². The zero-order valence-electron chi connectivity index (χ0n) is 18.5. The highest BCUT2D eigenvalue weighted by Gasteiger charge is 2.39. The molecule has 6 rings (SSSR count). The van der Waals surface area contributed by atoms with Crippen molar-refractivity contribution in [1.29, 1.82) is 0 Å². The van der Waals surface area contributed by atoms with Gasteiger partial charge in [0.15, 0.2) is 0 Å². The zero-order valence-corrected chi connectivity index (χ0v) is 20.1. The fourth-order valence-electron chi connectivity index (χ4n) is 5.10. The summed E-state index contributed by atoms with van der Waals surface area (Å²) in [6.07, 6.45) is 0.813. The second kappa shape index (κ2) is 8.62. The number of aromatic amines is 1. The Hall–Kier alpha value is -3.63. The van der Waals surface area contributed by atoms with E-state index in [-0.39, 0.29) is 11.9 Å². The van der Waals surface area contributed by atoms with Crippen LogP contribution in [0.5, 0.6) is 0 Å². The molecule has 34 heavy (non-hydrogen) atoms. The van der Waals surface area contributed by atoms with Crippen molar-refractivity contribution in [3.05, 3.63) is 130 Å². The lowest BCUT2D eigenvalue weighted by molar-refractivity contribution is 0.0753. The van der Waals surface area contributed by atoms with Gasteiger partial charge in [0.1, 0.15) is 0 Å². The smallest absolute Gasteiger partial charge is 0.255 e. The number of aromatic nitrogens is 1. The summed E-state index contributed by atoms with van der Waals surface area (Å²) < 4.78 is 1.04. The molecule has 0 bridgehead atoms. The Kier molecular flexibility index (Phi) is 5.31. The second-order valence-corrected chi connectivity index (χ2v) is 9.61. The maximum atomic E-state index is 13.7. The van der Waals surface area contributed by atoms with Gasteiger partial charge in [0.2, 0.25) is 0 Å². The maximum Gasteiger partial charge on any atom is 0.255 e. The Balaban J connectivity index is 1.53. The fraction of sp³-hybridized carbons (Fsp3) is 0.100. The van der Waals surface area contributed by atoms with Crippen LogP contribution in [0.4, 0.5) is 0 Å². The summed E-state index contributed by atoms with van der Waals surface area (Å²) in [7, 11) is 0. The van der Waals surface area contributed by atoms with Crippen molar-refractivity contribution in [3.63, 3.8) is 0 Å². The van der Waals surface area contributed by atoms with Crippen LogP contribution in [0.15, 0.2) is 108 Å². The highest BCUT2D eigenvalue weighted by molar-refractivity contribution is 9.10. The van der Waals surface area contributed by atoms with Gasteiger partial charge in [-0.15, -0.1) is 0 Å². The summed E-state index contributed by atoms with van der Waals surface area (Å²) >= 11 is 3.56. The Bertz CT molecular complexity index is 1490. The summed E-state index contributed by atoms with van der Waals surface area (Å²) in [5, 5.41) is 1.15. The number of amides is 1. The Morgan fingerprint density at radius 3 is 2.32 bits per heavy atom. The Morgan fingerprint density at radius 1 is 0.794 bits per heavy atom. The minimum Gasteiger partial charge on any atom is -0.354 e. The highest BCUT2D eigenvalue weighted by Crippen LogP contribution is 2.45. The van der Waals surface area contributed by atoms with E-state index in [1.165, 1.54) is 5.56 Å². The number of hydrogen-bond donors (Lipinski definition) is 1. The molecule has 4 heteroatoms. The van der Waals surface area contributed by atoms with E-state index in [9.17, 15) is 4.79 Å². The largest absolute Gasteiger partial charge is 0.354 e. The predicted octanol–water partition coefficient (Wildman–Crippen LogP) is 7.39. The van der Waals surface area contributed by atoms with E-state index >= 15 is 0 Å². The van der Waals surface area contributed by atoms with Crippen LogP contribution >= 0.6 is 15.9 Å². The molecule has 5 aromatic rings. The van der Waals surface area contributed by atoms with Crippen LogP contribution in [-0.2, 0) is 6.42 Å². The maximum absolute atomic E-state index is 13.7. The van der Waals surface area contributed by atoms with Crippen molar-refractivity contribution in [1.82, 2.24) is 9.88 Å². The second-order valence-electron chi connectivity index (χ2n) is 8.69. The molecule has 0 fully saturated rings. The number of nitrogens with one attached hydrogen (secondary N) is 1. The van der Waals surface area contributed by atoms with E-state index < -0.39 is 0 Å². The molecule has 0 radical (unpaired) electrons. The van der Waals surface area contributed by atoms with Gasteiger partial charge in [-0.25, -0.2) is 0 Å². The van der Waals surface area contributed by atoms with Gasteiger partial charge in [0, 0.05) is 33.0 Å². The van der Waals surface area contributed by atoms with Crippen LogP contribution in [0, 0.1) is 0 Å². The van der Waals surface area contributed by atoms with Gasteiger partial charge >= 0.3 is 0 Å². The normalized spacial score (nSPS) is 15.1. The Morgan fingerprint density at radius 2 is 1.50 bits per heavy atom. The van der Waals surface area contributed by atoms with E-state index in [0.717, 1.165) is 49.7 Å². The third-order valence-corrected chi connectivity index (χ3v) is 7.22. The molecule has 0 saturated heterocycles. The van der Waals surface area contributed by atoms with Crippen molar-refractivity contribution >= 4 is 32.7 Å². The fourth-order valence-corrected chi connectivity index (χ4v) is 5.36. The van der Waals surface area contributed by atoms with Gasteiger partial charge in [-0.2, -0.15) is 0 Å². The molecule has 166 valence electrons. The topological polar surface area (TPSA) is 36.1 Å². The first-order valence-corrected chi connectivity index (χ1v) is 12.3. The van der Waals surface area contributed by atoms with Crippen molar-refractivity contribution in [2.24, 2.45) is 0 Å². The number of carbonyl (C=O) groups excluding carboxylic acids is 1. The van der Waals surface area contributed by atoms with Gasteiger partial charge in [0.25, 0.3) is 5.91 Å². The molecule has 1 amide bonds. The summed E-state index contributed by atoms with van der Waals surface area (Å²) in [6.45, 7) is 0.654. The number of para-hydroxylation sites is 1. The minimum absolute atomic E-state index is 0.101. The molecule has 0 unspecified atom stereocenters. The van der Waals surface area contributed by atoms with E-state index in [1.54, 1.807) is 0 Å². The standard InChI is InChI=1S/C30H23BrN2O/c31-22-16-14-21(15-17-22)28-27(25-12-6-7-13-26(25)32-28)29-23-10-4-5-11-24(23)30(34)33(29)19-18-20-8-2-1-3-9-20/h1-17,29,32H,18-19H2/t29-/m0/s1. The average molecular weight is 507 g/mol. The number of benzene rings is 4. The quantitative estimate of drug-likeness (QED) is 0.265. The molecule has 1 N–H and O–H groups in total. The number of rotatable bonds is 5. The summed E-state index contributed by atoms with van der Waals surface area (Å²) in [5.74, 6) is 0.101. The molecule has 0 spiro atoms. The summed E-state index contributed by atoms with van der Waals surface area (Å²) in [4.78, 5) is 19.4. The molecule has 1 aliphatic heterocycles. The zero-order chi connectivity index (χ0) is 23.1. The average Bonchev–Trinajstić information content (AvgIpc) is 3.39. The van der Waals surface area contributed by atoms with Crippen LogP contribution in [0.1, 0.15) is 33.1 Å². The first-order valence-electron chi connectivity index (χ1n) is 11.5. The minimum atomic E-state index is -0.151. The number of halogens is 1. The lowest BCUT2D eigenvalue weighted by Gasteiger charge is -2.27. The van der Waals surface area contributed by atoms with Crippen molar-refractivity contribution in [2.75, 3.05) is 6.54 Å². The molecular formula is C30H23BrN2O. The van der Waals surface area contributed by atoms with Crippen LogP contribution in [0.25, 0.3) is 22.2 Å². The number of hydrogen-bond acceptors (Lipinski definition) is 1. The van der Waals surface area contributed by atoms with Crippen molar-refractivity contribution in [3.8, 4) is 11.3 Å². The molecule has 1 aliphatic rings. The molecule has 3 nitrogen and oxygen atoms in total. The van der Waals surface area contributed by atoms with Crippen LogP contribution < -0.4 is 0 Å². The van der Waals surface area contributed by atoms with Gasteiger partial charge in [-0.05, 0) is 47.4 Å². The molecule has 1 atom stereocenters.